The summed E-state index contributed by atoms with van der Waals surface area (Å²) in [5.41, 5.74) is -0.294. The van der Waals surface area contributed by atoms with Crippen LogP contribution >= 0.6 is 0 Å². The minimum absolute atomic E-state index is 0.143. The van der Waals surface area contributed by atoms with Crippen LogP contribution in [0, 0.1) is 27.6 Å². The molecule has 2 amide bonds. The van der Waals surface area contributed by atoms with Crippen molar-refractivity contribution in [1.29, 1.82) is 0 Å². The third-order valence-corrected chi connectivity index (χ3v) is 3.57. The van der Waals surface area contributed by atoms with Crippen LogP contribution in [0.25, 0.3) is 6.08 Å². The number of hydrogen-bond acceptors (Lipinski definition) is 4. The van der Waals surface area contributed by atoms with Gasteiger partial charge in [0.2, 0.25) is 11.8 Å². The fourth-order valence-electron chi connectivity index (χ4n) is 2.14. The zero-order chi connectivity index (χ0) is 20.8. The Balaban J connectivity index is 1.98. The van der Waals surface area contributed by atoms with E-state index in [9.17, 15) is 32.9 Å². The molecule has 0 radical (unpaired) electrons. The maximum atomic E-state index is 13.5. The SMILES string of the molecule is CN(CC(=O)Nc1ccc(F)c(F)c1F)C(=O)/C=C/c1cccc([N+](=O)[O-])c1. The highest BCUT2D eigenvalue weighted by atomic mass is 19.2. The smallest absolute Gasteiger partial charge is 0.270 e. The van der Waals surface area contributed by atoms with Gasteiger partial charge in [-0.25, -0.2) is 13.2 Å². The van der Waals surface area contributed by atoms with E-state index in [2.05, 4.69) is 0 Å². The molecule has 0 spiro atoms. The lowest BCUT2D eigenvalue weighted by Crippen LogP contribution is -2.34. The summed E-state index contributed by atoms with van der Waals surface area (Å²) in [5, 5.41) is 12.8. The standard InChI is InChI=1S/C18H14F3N3O4/c1-23(10-15(25)22-14-7-6-13(19)17(20)18(14)21)16(26)8-5-11-3-2-4-12(9-11)24(27)28/h2-9H,10H2,1H3,(H,22,25)/b8-5+. The van der Waals surface area contributed by atoms with E-state index < -0.39 is 46.4 Å². The zero-order valence-corrected chi connectivity index (χ0v) is 14.5. The molecule has 28 heavy (non-hydrogen) atoms. The van der Waals surface area contributed by atoms with Gasteiger partial charge in [-0.15, -0.1) is 0 Å². The van der Waals surface area contributed by atoms with Crippen LogP contribution in [0.15, 0.2) is 42.5 Å². The van der Waals surface area contributed by atoms with Gasteiger partial charge in [-0.3, -0.25) is 19.7 Å². The lowest BCUT2D eigenvalue weighted by Gasteiger charge is -2.15. The molecule has 0 saturated heterocycles. The van der Waals surface area contributed by atoms with Crippen molar-refractivity contribution in [3.8, 4) is 0 Å². The van der Waals surface area contributed by atoms with Crippen LogP contribution in [0.3, 0.4) is 0 Å². The van der Waals surface area contributed by atoms with Crippen LogP contribution in [0.5, 0.6) is 0 Å². The predicted octanol–water partition coefficient (Wildman–Crippen LogP) is 3.12. The number of benzene rings is 2. The molecule has 2 aromatic carbocycles. The lowest BCUT2D eigenvalue weighted by molar-refractivity contribution is -0.384. The Kier molecular flexibility index (Phi) is 6.48. The zero-order valence-electron chi connectivity index (χ0n) is 14.5. The van der Waals surface area contributed by atoms with Crippen LogP contribution in [-0.2, 0) is 9.59 Å². The van der Waals surface area contributed by atoms with Crippen molar-refractivity contribution in [1.82, 2.24) is 4.90 Å². The van der Waals surface area contributed by atoms with Gasteiger partial charge in [0.25, 0.3) is 5.69 Å². The van der Waals surface area contributed by atoms with Crippen LogP contribution in [0.4, 0.5) is 24.5 Å². The van der Waals surface area contributed by atoms with Crippen molar-refractivity contribution in [2.45, 2.75) is 0 Å². The molecule has 7 nitrogen and oxygen atoms in total. The Morgan fingerprint density at radius 3 is 2.57 bits per heavy atom. The van der Waals surface area contributed by atoms with Crippen molar-refractivity contribution < 1.29 is 27.7 Å². The van der Waals surface area contributed by atoms with Gasteiger partial charge in [-0.05, 0) is 23.8 Å². The fourth-order valence-corrected chi connectivity index (χ4v) is 2.14. The summed E-state index contributed by atoms with van der Waals surface area (Å²) in [7, 11) is 1.29. The van der Waals surface area contributed by atoms with E-state index in [4.69, 9.17) is 0 Å². The number of carbonyl (C=O) groups is 2. The van der Waals surface area contributed by atoms with Gasteiger partial charge in [-0.2, -0.15) is 0 Å². The topological polar surface area (TPSA) is 92.6 Å². The minimum atomic E-state index is -1.72. The number of halogens is 3. The van der Waals surface area contributed by atoms with Crippen molar-refractivity contribution in [2.24, 2.45) is 0 Å². The number of anilines is 1. The number of hydrogen-bond donors (Lipinski definition) is 1. The van der Waals surface area contributed by atoms with E-state index in [-0.39, 0.29) is 5.69 Å². The Morgan fingerprint density at radius 2 is 1.89 bits per heavy atom. The summed E-state index contributed by atoms with van der Waals surface area (Å²) in [5.74, 6) is -6.10. The van der Waals surface area contributed by atoms with E-state index >= 15 is 0 Å². The second-order valence-electron chi connectivity index (χ2n) is 5.65. The molecule has 0 aliphatic rings. The highest BCUT2D eigenvalue weighted by Gasteiger charge is 2.17. The Morgan fingerprint density at radius 1 is 1.18 bits per heavy atom. The van der Waals surface area contributed by atoms with Crippen LogP contribution in [0.1, 0.15) is 5.56 Å². The summed E-state index contributed by atoms with van der Waals surface area (Å²) < 4.78 is 39.6. The van der Waals surface area contributed by atoms with E-state index in [1.807, 2.05) is 5.32 Å². The summed E-state index contributed by atoms with van der Waals surface area (Å²) in [4.78, 5) is 35.0. The number of nitrogens with zero attached hydrogens (tertiary/aromatic N) is 2. The van der Waals surface area contributed by atoms with Crippen molar-refractivity contribution in [2.75, 3.05) is 18.9 Å². The molecule has 0 aliphatic carbocycles. The summed E-state index contributed by atoms with van der Waals surface area (Å²) in [6.07, 6.45) is 2.43. The monoisotopic (exact) mass is 393 g/mol. The highest BCUT2D eigenvalue weighted by molar-refractivity contribution is 5.98. The maximum Gasteiger partial charge on any atom is 0.270 e. The molecule has 0 aromatic heterocycles. The first kappa shape index (κ1) is 20.6. The molecule has 0 aliphatic heterocycles. The quantitative estimate of drug-likeness (QED) is 0.353. The maximum absolute atomic E-state index is 13.5. The van der Waals surface area contributed by atoms with Gasteiger partial charge in [0, 0.05) is 25.3 Å². The normalized spacial score (nSPS) is 10.7. The van der Waals surface area contributed by atoms with E-state index in [1.54, 1.807) is 6.07 Å². The van der Waals surface area contributed by atoms with E-state index in [0.717, 1.165) is 17.0 Å². The molecule has 0 saturated carbocycles. The number of nitrogens with one attached hydrogen (secondary N) is 1. The first-order valence-electron chi connectivity index (χ1n) is 7.80. The minimum Gasteiger partial charge on any atom is -0.333 e. The molecule has 0 fully saturated rings. The van der Waals surface area contributed by atoms with E-state index in [1.165, 1.54) is 31.3 Å². The molecular formula is C18H14F3N3O4. The summed E-state index contributed by atoms with van der Waals surface area (Å²) in [6, 6.07) is 7.08. The van der Waals surface area contributed by atoms with Gasteiger partial charge < -0.3 is 10.2 Å². The van der Waals surface area contributed by atoms with Gasteiger partial charge in [0.15, 0.2) is 17.5 Å². The van der Waals surface area contributed by atoms with Crippen molar-refractivity contribution in [3.05, 3.63) is 75.6 Å². The highest BCUT2D eigenvalue weighted by Crippen LogP contribution is 2.19. The largest absolute Gasteiger partial charge is 0.333 e. The molecule has 0 heterocycles. The first-order valence-corrected chi connectivity index (χ1v) is 7.80. The second kappa shape index (κ2) is 8.80. The van der Waals surface area contributed by atoms with Gasteiger partial charge in [-0.1, -0.05) is 12.1 Å². The van der Waals surface area contributed by atoms with Gasteiger partial charge >= 0.3 is 0 Å². The number of non-ortho nitro benzene ring substituents is 1. The molecule has 0 unspecified atom stereocenters. The summed E-state index contributed by atoms with van der Waals surface area (Å²) in [6.45, 7) is -0.490. The molecule has 0 atom stereocenters. The molecule has 2 rings (SSSR count). The van der Waals surface area contributed by atoms with Crippen LogP contribution in [-0.4, -0.2) is 35.2 Å². The predicted molar refractivity (Wildman–Crippen MR) is 94.7 cm³/mol. The molecule has 0 bridgehead atoms. The lowest BCUT2D eigenvalue weighted by atomic mass is 10.2. The third-order valence-electron chi connectivity index (χ3n) is 3.57. The number of carbonyl (C=O) groups excluding carboxylic acids is 2. The molecule has 1 N–H and O–H groups in total. The van der Waals surface area contributed by atoms with E-state index in [0.29, 0.717) is 11.6 Å². The number of nitro benzene ring substituents is 1. The molecular weight excluding hydrogens is 379 g/mol. The Labute approximate surface area is 157 Å². The first-order chi connectivity index (χ1) is 13.2. The van der Waals surface area contributed by atoms with Crippen molar-refractivity contribution in [3.63, 3.8) is 0 Å². The fraction of sp³-hybridized carbons (Fsp3) is 0.111. The second-order valence-corrected chi connectivity index (χ2v) is 5.65. The number of likely N-dealkylation sites (N-methyl/N-ethyl adjacent to an activating group) is 1. The molecule has 2 aromatic rings. The Hall–Kier alpha value is -3.69. The summed E-state index contributed by atoms with van der Waals surface area (Å²) >= 11 is 0. The molecule has 146 valence electrons. The van der Waals surface area contributed by atoms with Gasteiger partial charge in [0.1, 0.15) is 0 Å². The number of nitro groups is 1. The third kappa shape index (κ3) is 5.16. The number of amides is 2. The average molecular weight is 393 g/mol. The number of rotatable bonds is 6. The van der Waals surface area contributed by atoms with Crippen molar-refractivity contribution >= 4 is 29.3 Å². The van der Waals surface area contributed by atoms with Crippen LogP contribution in [0.2, 0.25) is 0 Å². The van der Waals surface area contributed by atoms with Gasteiger partial charge in [0.05, 0.1) is 17.2 Å². The molecule has 10 heteroatoms. The average Bonchev–Trinajstić information content (AvgIpc) is 2.66. The Bertz CT molecular complexity index is 963. The van der Waals surface area contributed by atoms with Crippen LogP contribution < -0.4 is 5.32 Å².